The van der Waals surface area contributed by atoms with Crippen LogP contribution < -0.4 is 0 Å². The molecule has 0 bridgehead atoms. The van der Waals surface area contributed by atoms with Gasteiger partial charge in [0.15, 0.2) is 0 Å². The zero-order valence-corrected chi connectivity index (χ0v) is 15.1. The SMILES string of the molecule is CN(C)S(=O)(=O)N1CCCC(c2nccnc2-c2cccc(F)c2)C1. The Bertz CT molecular complexity index is 857. The Morgan fingerprint density at radius 3 is 2.72 bits per heavy atom. The van der Waals surface area contributed by atoms with Gasteiger partial charge in [0.05, 0.1) is 11.4 Å². The molecule has 134 valence electrons. The molecule has 1 saturated heterocycles. The van der Waals surface area contributed by atoms with Gasteiger partial charge in [-0.25, -0.2) is 4.39 Å². The summed E-state index contributed by atoms with van der Waals surface area (Å²) in [7, 11) is -0.412. The number of piperidine rings is 1. The fourth-order valence-electron chi connectivity index (χ4n) is 3.11. The molecule has 1 aliphatic heterocycles. The Labute approximate surface area is 147 Å². The van der Waals surface area contributed by atoms with E-state index in [1.165, 1.54) is 34.8 Å². The van der Waals surface area contributed by atoms with Gasteiger partial charge in [-0.2, -0.15) is 17.0 Å². The average Bonchev–Trinajstić information content (AvgIpc) is 2.61. The monoisotopic (exact) mass is 364 g/mol. The topological polar surface area (TPSA) is 66.4 Å². The van der Waals surface area contributed by atoms with Gasteiger partial charge in [0.2, 0.25) is 0 Å². The zero-order chi connectivity index (χ0) is 18.0. The first-order valence-electron chi connectivity index (χ1n) is 8.14. The molecular weight excluding hydrogens is 343 g/mol. The normalized spacial score (nSPS) is 19.3. The Hall–Kier alpha value is -1.90. The van der Waals surface area contributed by atoms with Gasteiger partial charge in [0, 0.05) is 51.1 Å². The summed E-state index contributed by atoms with van der Waals surface area (Å²) in [4.78, 5) is 8.83. The minimum Gasteiger partial charge on any atom is -0.257 e. The van der Waals surface area contributed by atoms with Gasteiger partial charge in [0.25, 0.3) is 10.2 Å². The van der Waals surface area contributed by atoms with E-state index in [9.17, 15) is 12.8 Å². The molecule has 1 unspecified atom stereocenters. The molecule has 1 atom stereocenters. The summed E-state index contributed by atoms with van der Waals surface area (Å²) < 4.78 is 41.1. The Balaban J connectivity index is 1.95. The quantitative estimate of drug-likeness (QED) is 0.835. The molecule has 8 heteroatoms. The van der Waals surface area contributed by atoms with Crippen LogP contribution in [0.2, 0.25) is 0 Å². The van der Waals surface area contributed by atoms with Crippen molar-refractivity contribution >= 4 is 10.2 Å². The summed E-state index contributed by atoms with van der Waals surface area (Å²) in [6.45, 7) is 0.841. The van der Waals surface area contributed by atoms with Crippen molar-refractivity contribution in [2.24, 2.45) is 0 Å². The van der Waals surface area contributed by atoms with Crippen molar-refractivity contribution in [2.45, 2.75) is 18.8 Å². The van der Waals surface area contributed by atoms with E-state index in [2.05, 4.69) is 9.97 Å². The summed E-state index contributed by atoms with van der Waals surface area (Å²) in [6, 6.07) is 6.22. The second kappa shape index (κ2) is 7.15. The fourth-order valence-corrected chi connectivity index (χ4v) is 4.30. The number of benzene rings is 1. The highest BCUT2D eigenvalue weighted by Gasteiger charge is 2.32. The van der Waals surface area contributed by atoms with E-state index in [1.54, 1.807) is 24.5 Å². The maximum Gasteiger partial charge on any atom is 0.281 e. The Morgan fingerprint density at radius 2 is 2.00 bits per heavy atom. The lowest BCUT2D eigenvalue weighted by Crippen LogP contribution is -2.45. The second-order valence-corrected chi connectivity index (χ2v) is 8.43. The third-order valence-electron chi connectivity index (χ3n) is 4.38. The molecule has 6 nitrogen and oxygen atoms in total. The van der Waals surface area contributed by atoms with Crippen molar-refractivity contribution in [2.75, 3.05) is 27.2 Å². The van der Waals surface area contributed by atoms with E-state index in [4.69, 9.17) is 0 Å². The van der Waals surface area contributed by atoms with Crippen LogP contribution in [0.15, 0.2) is 36.7 Å². The number of hydrogen-bond acceptors (Lipinski definition) is 4. The summed E-state index contributed by atoms with van der Waals surface area (Å²) in [6.07, 6.45) is 4.73. The van der Waals surface area contributed by atoms with Crippen molar-refractivity contribution in [3.8, 4) is 11.3 Å². The number of hydrogen-bond donors (Lipinski definition) is 0. The first-order chi connectivity index (χ1) is 11.9. The predicted molar refractivity (Wildman–Crippen MR) is 93.6 cm³/mol. The third kappa shape index (κ3) is 3.70. The van der Waals surface area contributed by atoms with Crippen LogP contribution >= 0.6 is 0 Å². The molecule has 1 aromatic heterocycles. The number of nitrogens with zero attached hydrogens (tertiary/aromatic N) is 4. The molecule has 3 rings (SSSR count). The molecule has 0 N–H and O–H groups in total. The van der Waals surface area contributed by atoms with Gasteiger partial charge in [0.1, 0.15) is 5.82 Å². The van der Waals surface area contributed by atoms with Gasteiger partial charge in [-0.15, -0.1) is 0 Å². The first-order valence-corrected chi connectivity index (χ1v) is 9.53. The predicted octanol–water partition coefficient (Wildman–Crippen LogP) is 2.27. The lowest BCUT2D eigenvalue weighted by Gasteiger charge is -2.33. The zero-order valence-electron chi connectivity index (χ0n) is 14.3. The van der Waals surface area contributed by atoms with Crippen LogP contribution in [0.5, 0.6) is 0 Å². The Kier molecular flexibility index (Phi) is 5.12. The maximum absolute atomic E-state index is 13.6. The van der Waals surface area contributed by atoms with E-state index >= 15 is 0 Å². The second-order valence-electron chi connectivity index (χ2n) is 6.29. The van der Waals surface area contributed by atoms with Gasteiger partial charge in [-0.1, -0.05) is 12.1 Å². The standard InChI is InChI=1S/C17H21FN4O2S/c1-21(2)25(23,24)22-10-4-6-14(12-22)17-16(19-8-9-20-17)13-5-3-7-15(18)11-13/h3,5,7-9,11,14H,4,6,10,12H2,1-2H3. The molecule has 0 aliphatic carbocycles. The van der Waals surface area contributed by atoms with Gasteiger partial charge < -0.3 is 0 Å². The van der Waals surface area contributed by atoms with Crippen LogP contribution in [0.1, 0.15) is 24.5 Å². The molecule has 0 saturated carbocycles. The molecule has 0 spiro atoms. The van der Waals surface area contributed by atoms with Crippen LogP contribution in [0.25, 0.3) is 11.3 Å². The minimum atomic E-state index is -3.47. The van der Waals surface area contributed by atoms with Crippen LogP contribution in [0.4, 0.5) is 4.39 Å². The molecule has 1 aromatic carbocycles. The van der Waals surface area contributed by atoms with E-state index in [-0.39, 0.29) is 11.7 Å². The third-order valence-corrected chi connectivity index (χ3v) is 6.29. The van der Waals surface area contributed by atoms with Crippen molar-refractivity contribution in [1.82, 2.24) is 18.6 Å². The molecule has 2 heterocycles. The Morgan fingerprint density at radius 1 is 1.24 bits per heavy atom. The highest BCUT2D eigenvalue weighted by atomic mass is 32.2. The molecule has 0 radical (unpaired) electrons. The highest BCUT2D eigenvalue weighted by molar-refractivity contribution is 7.86. The number of rotatable bonds is 4. The largest absolute Gasteiger partial charge is 0.281 e. The van der Waals surface area contributed by atoms with Crippen LogP contribution in [-0.2, 0) is 10.2 Å². The van der Waals surface area contributed by atoms with E-state index in [1.807, 2.05) is 0 Å². The summed E-state index contributed by atoms with van der Waals surface area (Å²) in [5.74, 6) is -0.412. The molecule has 1 fully saturated rings. The molecule has 2 aromatic rings. The molecule has 25 heavy (non-hydrogen) atoms. The molecular formula is C17H21FN4O2S. The average molecular weight is 364 g/mol. The van der Waals surface area contributed by atoms with Crippen LogP contribution in [0, 0.1) is 5.82 Å². The van der Waals surface area contributed by atoms with Crippen molar-refractivity contribution < 1.29 is 12.8 Å². The maximum atomic E-state index is 13.6. The first kappa shape index (κ1) is 17.9. The summed E-state index contributed by atoms with van der Waals surface area (Å²) >= 11 is 0. The van der Waals surface area contributed by atoms with Crippen molar-refractivity contribution in [1.29, 1.82) is 0 Å². The lowest BCUT2D eigenvalue weighted by molar-refractivity contribution is 0.296. The van der Waals surface area contributed by atoms with Gasteiger partial charge >= 0.3 is 0 Å². The number of halogens is 1. The van der Waals surface area contributed by atoms with Gasteiger partial charge in [-0.05, 0) is 25.0 Å². The molecule has 0 amide bonds. The van der Waals surface area contributed by atoms with Crippen molar-refractivity contribution in [3.63, 3.8) is 0 Å². The summed E-state index contributed by atoms with van der Waals surface area (Å²) in [5.41, 5.74) is 1.97. The van der Waals surface area contributed by atoms with Gasteiger partial charge in [-0.3, -0.25) is 9.97 Å². The summed E-state index contributed by atoms with van der Waals surface area (Å²) in [5, 5.41) is 0. The van der Waals surface area contributed by atoms with E-state index < -0.39 is 10.2 Å². The number of aromatic nitrogens is 2. The van der Waals surface area contributed by atoms with Crippen LogP contribution in [0.3, 0.4) is 0 Å². The van der Waals surface area contributed by atoms with Crippen molar-refractivity contribution in [3.05, 3.63) is 48.2 Å². The fraction of sp³-hybridized carbons (Fsp3) is 0.412. The lowest BCUT2D eigenvalue weighted by atomic mass is 9.92. The highest BCUT2D eigenvalue weighted by Crippen LogP contribution is 2.33. The van der Waals surface area contributed by atoms with E-state index in [0.29, 0.717) is 30.0 Å². The smallest absolute Gasteiger partial charge is 0.257 e. The van der Waals surface area contributed by atoms with E-state index in [0.717, 1.165) is 12.8 Å². The molecule has 1 aliphatic rings. The van der Waals surface area contributed by atoms with Crippen LogP contribution in [-0.4, -0.2) is 54.2 Å². The minimum absolute atomic E-state index is 0.0737.